The lowest BCUT2D eigenvalue weighted by atomic mass is 10.1. The van der Waals surface area contributed by atoms with Crippen molar-refractivity contribution in [2.75, 3.05) is 11.9 Å². The van der Waals surface area contributed by atoms with Crippen LogP contribution in [-0.4, -0.2) is 22.9 Å². The lowest BCUT2D eigenvalue weighted by Crippen LogP contribution is -2.26. The fraction of sp³-hybridized carbons (Fsp3) is 0.133. The maximum Gasteiger partial charge on any atom is 0.262 e. The van der Waals surface area contributed by atoms with E-state index in [1.54, 1.807) is 6.07 Å². The number of ketones is 1. The van der Waals surface area contributed by atoms with Crippen LogP contribution in [0.2, 0.25) is 0 Å². The van der Waals surface area contributed by atoms with Crippen molar-refractivity contribution in [2.24, 2.45) is 0 Å². The number of hydrogen-bond acceptors (Lipinski definition) is 4. The number of nitrogens with zero attached hydrogens (tertiary/aromatic N) is 1. The lowest BCUT2D eigenvalue weighted by Gasteiger charge is -2.18. The quantitative estimate of drug-likeness (QED) is 0.864. The molecule has 112 valence electrons. The van der Waals surface area contributed by atoms with Crippen molar-refractivity contribution in [1.82, 2.24) is 4.57 Å². The van der Waals surface area contributed by atoms with E-state index in [0.717, 1.165) is 22.9 Å². The molecule has 0 spiro atoms. The van der Waals surface area contributed by atoms with Crippen molar-refractivity contribution in [2.45, 2.75) is 6.54 Å². The predicted molar refractivity (Wildman–Crippen MR) is 75.6 cm³/mol. The Labute approximate surface area is 124 Å². The average Bonchev–Trinajstić information content (AvgIpc) is 2.50. The molecule has 1 aliphatic rings. The van der Waals surface area contributed by atoms with E-state index in [0.29, 0.717) is 17.0 Å². The van der Waals surface area contributed by atoms with Gasteiger partial charge in [-0.3, -0.25) is 14.4 Å². The molecule has 7 heteroatoms. The Morgan fingerprint density at radius 1 is 1.27 bits per heavy atom. The van der Waals surface area contributed by atoms with Gasteiger partial charge in [-0.25, -0.2) is 4.39 Å². The molecule has 0 saturated heterocycles. The highest BCUT2D eigenvalue weighted by molar-refractivity contribution is 6.00. The maximum atomic E-state index is 13.1. The number of carbonyl (C=O) groups excluding carboxylic acids is 2. The van der Waals surface area contributed by atoms with Crippen LogP contribution in [0.4, 0.5) is 10.1 Å². The van der Waals surface area contributed by atoms with Crippen LogP contribution in [0, 0.1) is 5.82 Å². The summed E-state index contributed by atoms with van der Waals surface area (Å²) in [5.74, 6) is -0.814. The van der Waals surface area contributed by atoms with E-state index in [9.17, 15) is 18.8 Å². The molecule has 0 atom stereocenters. The molecular weight excluding hydrogens is 291 g/mol. The molecule has 1 aromatic carbocycles. The van der Waals surface area contributed by atoms with Crippen LogP contribution in [0.3, 0.4) is 0 Å². The minimum atomic E-state index is -0.599. The van der Waals surface area contributed by atoms with E-state index < -0.39 is 11.4 Å². The Hall–Kier alpha value is -2.96. The van der Waals surface area contributed by atoms with Gasteiger partial charge in [-0.05, 0) is 24.3 Å². The summed E-state index contributed by atoms with van der Waals surface area (Å²) in [6.07, 6.45) is 0.976. The minimum absolute atomic E-state index is 0.0705. The second kappa shape index (κ2) is 5.44. The molecule has 0 saturated carbocycles. The van der Waals surface area contributed by atoms with Crippen LogP contribution in [0.1, 0.15) is 10.4 Å². The van der Waals surface area contributed by atoms with Gasteiger partial charge < -0.3 is 14.6 Å². The average molecular weight is 302 g/mol. The summed E-state index contributed by atoms with van der Waals surface area (Å²) < 4.78 is 19.3. The molecule has 0 fully saturated rings. The Morgan fingerprint density at radius 3 is 2.91 bits per heavy atom. The first-order valence-electron chi connectivity index (χ1n) is 6.49. The molecule has 0 unspecified atom stereocenters. The fourth-order valence-corrected chi connectivity index (χ4v) is 2.13. The maximum absolute atomic E-state index is 13.1. The van der Waals surface area contributed by atoms with Crippen LogP contribution in [0.5, 0.6) is 5.75 Å². The highest BCUT2D eigenvalue weighted by Crippen LogP contribution is 2.28. The Balaban J connectivity index is 1.86. The number of nitrogens with one attached hydrogen (secondary N) is 1. The van der Waals surface area contributed by atoms with E-state index in [1.165, 1.54) is 12.1 Å². The number of fused-ring (bicyclic) bond motifs is 1. The minimum Gasteiger partial charge on any atom is -0.482 e. The highest BCUT2D eigenvalue weighted by Gasteiger charge is 2.18. The molecule has 1 amide bonds. The second-order valence-electron chi connectivity index (χ2n) is 4.78. The van der Waals surface area contributed by atoms with Gasteiger partial charge in [-0.2, -0.15) is 0 Å². The van der Waals surface area contributed by atoms with Crippen LogP contribution in [-0.2, 0) is 11.3 Å². The largest absolute Gasteiger partial charge is 0.482 e. The number of halogens is 1. The lowest BCUT2D eigenvalue weighted by molar-refractivity contribution is -0.118. The summed E-state index contributed by atoms with van der Waals surface area (Å²) >= 11 is 0. The summed E-state index contributed by atoms with van der Waals surface area (Å²) in [5.41, 5.74) is 0.221. The molecule has 1 aromatic heterocycles. The molecule has 0 aliphatic carbocycles. The number of benzene rings is 1. The van der Waals surface area contributed by atoms with Gasteiger partial charge in [-0.15, -0.1) is 0 Å². The zero-order chi connectivity index (χ0) is 15.7. The summed E-state index contributed by atoms with van der Waals surface area (Å²) in [5, 5.41) is 2.59. The fourth-order valence-electron chi connectivity index (χ4n) is 2.13. The molecule has 2 aromatic rings. The van der Waals surface area contributed by atoms with Crippen LogP contribution in [0.25, 0.3) is 0 Å². The Morgan fingerprint density at radius 2 is 2.09 bits per heavy atom. The standard InChI is InChI=1S/C15H11FN2O4/c16-10-2-4-15(21)18(6-10)7-12(19)9-1-3-13-11(5-9)17-14(20)8-22-13/h1-6H,7-8H2,(H,17,20). The summed E-state index contributed by atoms with van der Waals surface area (Å²) in [6.45, 7) is -0.358. The molecule has 1 aliphatic heterocycles. The number of anilines is 1. The molecule has 6 nitrogen and oxygen atoms in total. The third-order valence-electron chi connectivity index (χ3n) is 3.20. The Kier molecular flexibility index (Phi) is 3.46. The van der Waals surface area contributed by atoms with Crippen molar-refractivity contribution >= 4 is 17.4 Å². The normalized spacial score (nSPS) is 13.0. The van der Waals surface area contributed by atoms with Crippen molar-refractivity contribution < 1.29 is 18.7 Å². The predicted octanol–water partition coefficient (Wildman–Crippen LogP) is 1.20. The number of hydrogen-bond donors (Lipinski definition) is 1. The summed E-state index contributed by atoms with van der Waals surface area (Å²) in [6, 6.07) is 6.66. The SMILES string of the molecule is O=C1COc2ccc(C(=O)Cn3cc(F)ccc3=O)cc2N1. The smallest absolute Gasteiger partial charge is 0.262 e. The molecule has 1 N–H and O–H groups in total. The van der Waals surface area contributed by atoms with Gasteiger partial charge in [0.15, 0.2) is 12.4 Å². The number of Topliss-reactive ketones (excluding diaryl/α,β-unsaturated/α-hetero) is 1. The first-order chi connectivity index (χ1) is 10.5. The zero-order valence-electron chi connectivity index (χ0n) is 11.3. The molecule has 3 rings (SSSR count). The summed E-state index contributed by atoms with van der Waals surface area (Å²) in [4.78, 5) is 35.1. The number of ether oxygens (including phenoxy) is 1. The van der Waals surface area contributed by atoms with E-state index >= 15 is 0 Å². The second-order valence-corrected chi connectivity index (χ2v) is 4.78. The molecular formula is C15H11FN2O4. The van der Waals surface area contributed by atoms with E-state index in [1.807, 2.05) is 0 Å². The van der Waals surface area contributed by atoms with Crippen molar-refractivity contribution in [1.29, 1.82) is 0 Å². The van der Waals surface area contributed by atoms with Gasteiger partial charge in [0, 0.05) is 17.8 Å². The van der Waals surface area contributed by atoms with Crippen molar-refractivity contribution in [3.8, 4) is 5.75 Å². The Bertz CT molecular complexity index is 829. The topological polar surface area (TPSA) is 77.4 Å². The van der Waals surface area contributed by atoms with Gasteiger partial charge in [0.2, 0.25) is 0 Å². The van der Waals surface area contributed by atoms with Gasteiger partial charge >= 0.3 is 0 Å². The molecule has 0 radical (unpaired) electrons. The van der Waals surface area contributed by atoms with Crippen LogP contribution < -0.4 is 15.6 Å². The van der Waals surface area contributed by atoms with Gasteiger partial charge in [-0.1, -0.05) is 0 Å². The monoisotopic (exact) mass is 302 g/mol. The van der Waals surface area contributed by atoms with E-state index in [4.69, 9.17) is 4.74 Å². The van der Waals surface area contributed by atoms with Crippen LogP contribution >= 0.6 is 0 Å². The zero-order valence-corrected chi connectivity index (χ0v) is 11.3. The molecule has 0 bridgehead atoms. The van der Waals surface area contributed by atoms with Gasteiger partial charge in [0.1, 0.15) is 11.6 Å². The third kappa shape index (κ3) is 2.73. The van der Waals surface area contributed by atoms with Gasteiger partial charge in [0.25, 0.3) is 11.5 Å². The third-order valence-corrected chi connectivity index (χ3v) is 3.20. The number of aromatic nitrogens is 1. The number of amides is 1. The number of carbonyl (C=O) groups is 2. The highest BCUT2D eigenvalue weighted by atomic mass is 19.1. The van der Waals surface area contributed by atoms with Crippen molar-refractivity contribution in [3.05, 3.63) is 58.3 Å². The first-order valence-corrected chi connectivity index (χ1v) is 6.49. The molecule has 2 heterocycles. The molecule has 22 heavy (non-hydrogen) atoms. The summed E-state index contributed by atoms with van der Waals surface area (Å²) in [7, 11) is 0. The van der Waals surface area contributed by atoms with Crippen LogP contribution in [0.15, 0.2) is 41.3 Å². The van der Waals surface area contributed by atoms with E-state index in [-0.39, 0.29) is 24.8 Å². The van der Waals surface area contributed by atoms with E-state index in [2.05, 4.69) is 5.32 Å². The number of rotatable bonds is 3. The first kappa shape index (κ1) is 14.0. The van der Waals surface area contributed by atoms with Gasteiger partial charge in [0.05, 0.1) is 12.2 Å². The number of pyridine rings is 1. The van der Waals surface area contributed by atoms with Crippen molar-refractivity contribution in [3.63, 3.8) is 0 Å².